The molecular formula is C15H16N6O2. The number of methoxy groups -OCH3 is 1. The highest BCUT2D eigenvalue weighted by atomic mass is 16.5. The third kappa shape index (κ3) is 2.44. The fraction of sp³-hybridized carbons (Fsp3) is 0.200. The lowest BCUT2D eigenvalue weighted by Gasteiger charge is -2.10. The van der Waals surface area contributed by atoms with Crippen molar-refractivity contribution in [1.29, 1.82) is 0 Å². The largest absolute Gasteiger partial charge is 0.493 e. The Labute approximate surface area is 132 Å². The number of hydrogen-bond donors (Lipinski definition) is 2. The lowest BCUT2D eigenvalue weighted by atomic mass is 10.1. The maximum atomic E-state index is 12.3. The van der Waals surface area contributed by atoms with Gasteiger partial charge in [-0.1, -0.05) is 0 Å². The second-order valence-electron chi connectivity index (χ2n) is 4.97. The molecule has 23 heavy (non-hydrogen) atoms. The average molecular weight is 312 g/mol. The summed E-state index contributed by atoms with van der Waals surface area (Å²) in [4.78, 5) is 25.2. The minimum Gasteiger partial charge on any atom is -0.493 e. The molecule has 0 unspecified atom stereocenters. The van der Waals surface area contributed by atoms with Crippen molar-refractivity contribution in [3.8, 4) is 17.0 Å². The summed E-state index contributed by atoms with van der Waals surface area (Å²) in [6.07, 6.45) is 3.09. The topological polar surface area (TPSA) is 108 Å². The molecule has 3 heterocycles. The van der Waals surface area contributed by atoms with Crippen molar-refractivity contribution in [3.05, 3.63) is 35.0 Å². The number of aromatic nitrogens is 4. The van der Waals surface area contributed by atoms with Gasteiger partial charge in [0.15, 0.2) is 11.6 Å². The molecule has 0 saturated carbocycles. The Morgan fingerprint density at radius 1 is 1.30 bits per heavy atom. The number of anilines is 2. The van der Waals surface area contributed by atoms with Crippen molar-refractivity contribution in [3.63, 3.8) is 0 Å². The second kappa shape index (κ2) is 5.56. The molecule has 3 rings (SSSR count). The van der Waals surface area contributed by atoms with Crippen LogP contribution >= 0.6 is 0 Å². The summed E-state index contributed by atoms with van der Waals surface area (Å²) in [7, 11) is 4.88. The molecular weight excluding hydrogens is 296 g/mol. The molecule has 0 bridgehead atoms. The Morgan fingerprint density at radius 3 is 2.78 bits per heavy atom. The van der Waals surface area contributed by atoms with Gasteiger partial charge in [-0.25, -0.2) is 15.0 Å². The summed E-state index contributed by atoms with van der Waals surface area (Å²) in [5.74, 6) is 1.23. The van der Waals surface area contributed by atoms with Crippen LogP contribution in [0.3, 0.4) is 0 Å². The summed E-state index contributed by atoms with van der Waals surface area (Å²) in [5.41, 5.74) is 7.47. The number of rotatable bonds is 3. The first kappa shape index (κ1) is 14.8. The fourth-order valence-corrected chi connectivity index (χ4v) is 2.31. The van der Waals surface area contributed by atoms with E-state index < -0.39 is 0 Å². The number of pyridine rings is 2. The van der Waals surface area contributed by atoms with Crippen LogP contribution in [0.15, 0.2) is 29.5 Å². The first-order valence-electron chi connectivity index (χ1n) is 6.89. The average Bonchev–Trinajstić information content (AvgIpc) is 2.57. The minimum absolute atomic E-state index is 0.161. The molecule has 3 aromatic rings. The number of nitrogens with two attached hydrogens (primary N) is 1. The van der Waals surface area contributed by atoms with E-state index in [9.17, 15) is 4.79 Å². The van der Waals surface area contributed by atoms with Crippen LogP contribution in [0.5, 0.6) is 5.75 Å². The monoisotopic (exact) mass is 312 g/mol. The van der Waals surface area contributed by atoms with Gasteiger partial charge in [0.1, 0.15) is 11.2 Å². The van der Waals surface area contributed by atoms with Crippen LogP contribution in [-0.2, 0) is 7.05 Å². The zero-order chi connectivity index (χ0) is 16.6. The third-order valence-electron chi connectivity index (χ3n) is 3.54. The standard InChI is InChI=1S/C15H16N6O2/c1-17-14-12-10(19-7-21(2)15(12)22)5-9(20-14)8-4-11(23-3)13(16)18-6-8/h4-7H,1-3H3,(H2,16,18)(H,17,20). The quantitative estimate of drug-likeness (QED) is 0.743. The van der Waals surface area contributed by atoms with Gasteiger partial charge in [0, 0.05) is 25.9 Å². The number of hydrogen-bond acceptors (Lipinski definition) is 7. The van der Waals surface area contributed by atoms with Gasteiger partial charge in [-0.2, -0.15) is 0 Å². The number of ether oxygens (including phenoxy) is 1. The maximum Gasteiger partial charge on any atom is 0.264 e. The zero-order valence-electron chi connectivity index (χ0n) is 13.0. The Kier molecular flexibility index (Phi) is 3.57. The van der Waals surface area contributed by atoms with Crippen molar-refractivity contribution >= 4 is 22.5 Å². The second-order valence-corrected chi connectivity index (χ2v) is 4.97. The van der Waals surface area contributed by atoms with E-state index in [1.54, 1.807) is 32.4 Å². The molecule has 0 atom stereocenters. The summed E-state index contributed by atoms with van der Waals surface area (Å²) >= 11 is 0. The predicted octanol–water partition coefficient (Wildman–Crippen LogP) is 1.02. The van der Waals surface area contributed by atoms with Crippen LogP contribution in [-0.4, -0.2) is 33.7 Å². The Morgan fingerprint density at radius 2 is 2.09 bits per heavy atom. The highest BCUT2D eigenvalue weighted by Gasteiger charge is 2.13. The van der Waals surface area contributed by atoms with Crippen LogP contribution in [0.25, 0.3) is 22.2 Å². The molecule has 0 aliphatic rings. The van der Waals surface area contributed by atoms with E-state index in [0.717, 1.165) is 5.56 Å². The normalized spacial score (nSPS) is 10.7. The lowest BCUT2D eigenvalue weighted by molar-refractivity contribution is 0.415. The van der Waals surface area contributed by atoms with Crippen molar-refractivity contribution in [1.82, 2.24) is 19.5 Å². The van der Waals surface area contributed by atoms with Crippen LogP contribution in [0.4, 0.5) is 11.6 Å². The summed E-state index contributed by atoms with van der Waals surface area (Å²) in [5, 5.41) is 3.39. The fourth-order valence-electron chi connectivity index (χ4n) is 2.31. The Bertz CT molecular complexity index is 951. The van der Waals surface area contributed by atoms with Crippen molar-refractivity contribution < 1.29 is 4.74 Å². The van der Waals surface area contributed by atoms with E-state index in [-0.39, 0.29) is 5.56 Å². The molecule has 0 aromatic carbocycles. The first-order chi connectivity index (χ1) is 11.0. The summed E-state index contributed by atoms with van der Waals surface area (Å²) in [6.45, 7) is 0. The molecule has 118 valence electrons. The molecule has 3 aromatic heterocycles. The van der Waals surface area contributed by atoms with Gasteiger partial charge in [0.25, 0.3) is 5.56 Å². The number of fused-ring (bicyclic) bond motifs is 1. The van der Waals surface area contributed by atoms with Crippen LogP contribution in [0.2, 0.25) is 0 Å². The molecule has 0 saturated heterocycles. The van der Waals surface area contributed by atoms with Gasteiger partial charge in [0.2, 0.25) is 0 Å². The SMILES string of the molecule is CNc1nc(-c2cnc(N)c(OC)c2)cc2ncn(C)c(=O)c12. The van der Waals surface area contributed by atoms with E-state index in [0.29, 0.717) is 34.0 Å². The van der Waals surface area contributed by atoms with Crippen LogP contribution < -0.4 is 21.3 Å². The van der Waals surface area contributed by atoms with Gasteiger partial charge in [-0.15, -0.1) is 0 Å². The summed E-state index contributed by atoms with van der Waals surface area (Å²) in [6, 6.07) is 3.49. The van der Waals surface area contributed by atoms with Gasteiger partial charge >= 0.3 is 0 Å². The number of nitrogens with one attached hydrogen (secondary N) is 1. The third-order valence-corrected chi connectivity index (χ3v) is 3.54. The highest BCUT2D eigenvalue weighted by Crippen LogP contribution is 2.28. The molecule has 8 heteroatoms. The number of aryl methyl sites for hydroxylation is 1. The predicted molar refractivity (Wildman–Crippen MR) is 88.5 cm³/mol. The minimum atomic E-state index is -0.161. The Balaban J connectivity index is 2.28. The zero-order valence-corrected chi connectivity index (χ0v) is 13.0. The van der Waals surface area contributed by atoms with E-state index in [1.165, 1.54) is 18.0 Å². The molecule has 0 amide bonds. The van der Waals surface area contributed by atoms with Crippen LogP contribution in [0.1, 0.15) is 0 Å². The van der Waals surface area contributed by atoms with Crippen molar-refractivity contribution in [2.45, 2.75) is 0 Å². The molecule has 0 aliphatic heterocycles. The number of nitrogens with zero attached hydrogens (tertiary/aromatic N) is 4. The van der Waals surface area contributed by atoms with Gasteiger partial charge < -0.3 is 20.4 Å². The highest BCUT2D eigenvalue weighted by molar-refractivity contribution is 5.91. The van der Waals surface area contributed by atoms with Crippen LogP contribution in [0, 0.1) is 0 Å². The number of nitrogen functional groups attached to an aromatic ring is 1. The smallest absolute Gasteiger partial charge is 0.264 e. The van der Waals surface area contributed by atoms with E-state index in [4.69, 9.17) is 10.5 Å². The van der Waals surface area contributed by atoms with E-state index in [1.807, 2.05) is 0 Å². The van der Waals surface area contributed by atoms with Gasteiger partial charge in [0.05, 0.1) is 24.6 Å². The van der Waals surface area contributed by atoms with Crippen molar-refractivity contribution in [2.75, 3.05) is 25.2 Å². The lowest BCUT2D eigenvalue weighted by Crippen LogP contribution is -2.18. The first-order valence-corrected chi connectivity index (χ1v) is 6.89. The molecule has 0 spiro atoms. The van der Waals surface area contributed by atoms with Crippen molar-refractivity contribution in [2.24, 2.45) is 7.05 Å². The maximum absolute atomic E-state index is 12.3. The van der Waals surface area contributed by atoms with E-state index in [2.05, 4.69) is 20.3 Å². The van der Waals surface area contributed by atoms with E-state index >= 15 is 0 Å². The molecule has 0 fully saturated rings. The molecule has 8 nitrogen and oxygen atoms in total. The Hall–Kier alpha value is -3.16. The molecule has 0 aliphatic carbocycles. The van der Waals surface area contributed by atoms with Gasteiger partial charge in [-0.05, 0) is 12.1 Å². The van der Waals surface area contributed by atoms with Gasteiger partial charge in [-0.3, -0.25) is 4.79 Å². The molecule has 3 N–H and O–H groups in total. The summed E-state index contributed by atoms with van der Waals surface area (Å²) < 4.78 is 6.60. The molecule has 0 radical (unpaired) electrons.